The Kier molecular flexibility index (Phi) is 4.68. The molecule has 0 radical (unpaired) electrons. The second kappa shape index (κ2) is 6.15. The fourth-order valence-corrected chi connectivity index (χ4v) is 3.06. The van der Waals surface area contributed by atoms with E-state index >= 15 is 0 Å². The summed E-state index contributed by atoms with van der Waals surface area (Å²) < 4.78 is 37.6. The summed E-state index contributed by atoms with van der Waals surface area (Å²) >= 11 is 1.46. The van der Waals surface area contributed by atoms with Gasteiger partial charge in [-0.3, -0.25) is 0 Å². The van der Waals surface area contributed by atoms with E-state index in [1.165, 1.54) is 23.5 Å². The molecule has 0 spiro atoms. The van der Waals surface area contributed by atoms with Crippen molar-refractivity contribution in [1.29, 1.82) is 0 Å². The van der Waals surface area contributed by atoms with Gasteiger partial charge in [0.2, 0.25) is 0 Å². The Morgan fingerprint density at radius 3 is 2.33 bits per heavy atom. The maximum atomic E-state index is 12.5. The van der Waals surface area contributed by atoms with Crippen LogP contribution in [0.4, 0.5) is 13.2 Å². The van der Waals surface area contributed by atoms with Crippen LogP contribution in [0.15, 0.2) is 24.3 Å². The highest BCUT2D eigenvalue weighted by molar-refractivity contribution is 7.15. The molecule has 0 aliphatic heterocycles. The molecule has 2 rings (SSSR count). The van der Waals surface area contributed by atoms with Crippen LogP contribution < -0.4 is 0 Å². The van der Waals surface area contributed by atoms with Crippen molar-refractivity contribution in [3.63, 3.8) is 0 Å². The lowest BCUT2D eigenvalue weighted by molar-refractivity contribution is -0.137. The summed E-state index contributed by atoms with van der Waals surface area (Å²) in [7, 11) is 0. The summed E-state index contributed by atoms with van der Waals surface area (Å²) in [5.74, 6) is 0. The molecule has 0 bridgehead atoms. The number of rotatable bonds is 4. The first-order valence-electron chi connectivity index (χ1n) is 6.65. The van der Waals surface area contributed by atoms with Gasteiger partial charge in [0.05, 0.1) is 17.4 Å². The van der Waals surface area contributed by atoms with Gasteiger partial charge in [-0.2, -0.15) is 13.2 Å². The second-order valence-electron chi connectivity index (χ2n) is 4.87. The Hall–Kier alpha value is -1.40. The van der Waals surface area contributed by atoms with Gasteiger partial charge in [-0.15, -0.1) is 11.3 Å². The quantitative estimate of drug-likeness (QED) is 0.912. The average Bonchev–Trinajstić information content (AvgIpc) is 2.80. The van der Waals surface area contributed by atoms with E-state index in [0.29, 0.717) is 17.0 Å². The van der Waals surface area contributed by atoms with Crippen molar-refractivity contribution in [3.8, 4) is 10.6 Å². The molecule has 1 N–H and O–H groups in total. The van der Waals surface area contributed by atoms with Crippen molar-refractivity contribution in [3.05, 3.63) is 40.4 Å². The molecular weight excluding hydrogens is 299 g/mol. The van der Waals surface area contributed by atoms with E-state index in [1.807, 2.05) is 6.92 Å². The van der Waals surface area contributed by atoms with Crippen LogP contribution >= 0.6 is 11.3 Å². The van der Waals surface area contributed by atoms with E-state index in [0.717, 1.165) is 29.1 Å². The summed E-state index contributed by atoms with van der Waals surface area (Å²) in [6.45, 7) is 3.69. The third kappa shape index (κ3) is 3.83. The van der Waals surface area contributed by atoms with Crippen LogP contribution in [-0.4, -0.2) is 16.2 Å². The third-order valence-corrected chi connectivity index (χ3v) is 4.34. The van der Waals surface area contributed by atoms with Gasteiger partial charge in [0, 0.05) is 16.9 Å². The van der Waals surface area contributed by atoms with Crippen LogP contribution in [0.25, 0.3) is 10.6 Å². The van der Waals surface area contributed by atoms with Crippen LogP contribution in [0.2, 0.25) is 0 Å². The monoisotopic (exact) mass is 315 g/mol. The Labute approximate surface area is 125 Å². The van der Waals surface area contributed by atoms with Gasteiger partial charge < -0.3 is 5.11 Å². The molecular formula is C15H16F3NOS. The van der Waals surface area contributed by atoms with Crippen molar-refractivity contribution in [1.82, 2.24) is 4.98 Å². The molecule has 1 heterocycles. The maximum absolute atomic E-state index is 12.5. The zero-order valence-corrected chi connectivity index (χ0v) is 12.6. The molecule has 0 aliphatic rings. The molecule has 114 valence electrons. The van der Waals surface area contributed by atoms with Crippen molar-refractivity contribution >= 4 is 11.3 Å². The summed E-state index contributed by atoms with van der Waals surface area (Å²) in [5.41, 5.74) is 0.828. The number of aromatic nitrogens is 1. The van der Waals surface area contributed by atoms with Crippen LogP contribution in [0, 0.1) is 0 Å². The van der Waals surface area contributed by atoms with Gasteiger partial charge in [-0.05, 0) is 25.5 Å². The van der Waals surface area contributed by atoms with Gasteiger partial charge in [-0.1, -0.05) is 19.1 Å². The Balaban J connectivity index is 2.32. The van der Waals surface area contributed by atoms with Crippen LogP contribution in [0.1, 0.15) is 30.0 Å². The molecule has 1 unspecified atom stereocenters. The fourth-order valence-electron chi connectivity index (χ4n) is 2.02. The summed E-state index contributed by atoms with van der Waals surface area (Å²) in [4.78, 5) is 5.52. The summed E-state index contributed by atoms with van der Waals surface area (Å²) in [6.07, 6.45) is -3.56. The van der Waals surface area contributed by atoms with Crippen molar-refractivity contribution in [2.24, 2.45) is 0 Å². The molecule has 1 aromatic heterocycles. The van der Waals surface area contributed by atoms with Gasteiger partial charge in [0.25, 0.3) is 0 Å². The van der Waals surface area contributed by atoms with Gasteiger partial charge in [-0.25, -0.2) is 4.98 Å². The first-order chi connectivity index (χ1) is 9.81. The van der Waals surface area contributed by atoms with E-state index in [-0.39, 0.29) is 0 Å². The van der Waals surface area contributed by atoms with Gasteiger partial charge >= 0.3 is 6.18 Å². The molecule has 1 atom stereocenters. The Morgan fingerprint density at radius 1 is 1.24 bits per heavy atom. The highest BCUT2D eigenvalue weighted by atomic mass is 32.1. The predicted molar refractivity (Wildman–Crippen MR) is 77.3 cm³/mol. The van der Waals surface area contributed by atoms with E-state index in [1.54, 1.807) is 6.92 Å². The minimum atomic E-state index is -4.33. The van der Waals surface area contributed by atoms with Crippen molar-refractivity contribution in [2.45, 2.75) is 39.0 Å². The van der Waals surface area contributed by atoms with Crippen LogP contribution in [0.3, 0.4) is 0 Å². The molecule has 1 aromatic carbocycles. The lowest BCUT2D eigenvalue weighted by atomic mass is 10.1. The highest BCUT2D eigenvalue weighted by Crippen LogP contribution is 2.33. The molecule has 2 nitrogen and oxygen atoms in total. The number of alkyl halides is 3. The first-order valence-corrected chi connectivity index (χ1v) is 7.47. The molecule has 0 amide bonds. The number of hydrogen-bond donors (Lipinski definition) is 1. The van der Waals surface area contributed by atoms with Gasteiger partial charge in [0.1, 0.15) is 5.01 Å². The number of nitrogens with zero attached hydrogens (tertiary/aromatic N) is 1. The number of aliphatic hydroxyl groups excluding tert-OH is 1. The van der Waals surface area contributed by atoms with Crippen molar-refractivity contribution < 1.29 is 18.3 Å². The number of benzene rings is 1. The third-order valence-electron chi connectivity index (χ3n) is 3.05. The lowest BCUT2D eigenvalue weighted by Crippen LogP contribution is -2.06. The first kappa shape index (κ1) is 16.0. The minimum absolute atomic E-state index is 0.459. The molecule has 6 heteroatoms. The molecule has 0 fully saturated rings. The standard InChI is InChI=1S/C15H16F3NOS/c1-3-13-12(8-9(2)20)19-14(21-13)10-4-6-11(7-5-10)15(16,17)18/h4-7,9,20H,3,8H2,1-2H3. The molecule has 0 saturated heterocycles. The minimum Gasteiger partial charge on any atom is -0.393 e. The van der Waals surface area contributed by atoms with Crippen LogP contribution in [0.5, 0.6) is 0 Å². The zero-order valence-electron chi connectivity index (χ0n) is 11.7. The normalized spacial score (nSPS) is 13.4. The molecule has 2 aromatic rings. The van der Waals surface area contributed by atoms with E-state index in [4.69, 9.17) is 0 Å². The fraction of sp³-hybridized carbons (Fsp3) is 0.400. The summed E-state index contributed by atoms with van der Waals surface area (Å²) in [6, 6.07) is 5.01. The number of hydrogen-bond acceptors (Lipinski definition) is 3. The SMILES string of the molecule is CCc1sc(-c2ccc(C(F)(F)F)cc2)nc1CC(C)O. The number of aryl methyl sites for hydroxylation is 1. The zero-order chi connectivity index (χ0) is 15.6. The number of halogens is 3. The van der Waals surface area contributed by atoms with Crippen molar-refractivity contribution in [2.75, 3.05) is 0 Å². The largest absolute Gasteiger partial charge is 0.416 e. The molecule has 0 saturated carbocycles. The van der Waals surface area contributed by atoms with Crippen LogP contribution in [-0.2, 0) is 19.0 Å². The number of aliphatic hydroxyl groups is 1. The van der Waals surface area contributed by atoms with Gasteiger partial charge in [0.15, 0.2) is 0 Å². The van der Waals surface area contributed by atoms with E-state index in [9.17, 15) is 18.3 Å². The lowest BCUT2D eigenvalue weighted by Gasteiger charge is -2.06. The smallest absolute Gasteiger partial charge is 0.393 e. The molecule has 0 aliphatic carbocycles. The summed E-state index contributed by atoms with van der Waals surface area (Å²) in [5, 5.41) is 10.2. The topological polar surface area (TPSA) is 33.1 Å². The Morgan fingerprint density at radius 2 is 1.86 bits per heavy atom. The average molecular weight is 315 g/mol. The van der Waals surface area contributed by atoms with E-state index in [2.05, 4.69) is 4.98 Å². The second-order valence-corrected chi connectivity index (χ2v) is 5.95. The molecule has 21 heavy (non-hydrogen) atoms. The van der Waals surface area contributed by atoms with E-state index < -0.39 is 17.8 Å². The Bertz CT molecular complexity index is 602. The number of thiazole rings is 1. The maximum Gasteiger partial charge on any atom is 0.416 e. The predicted octanol–water partition coefficient (Wildman–Crippen LogP) is 4.31. The highest BCUT2D eigenvalue weighted by Gasteiger charge is 2.30.